The van der Waals surface area contributed by atoms with E-state index in [9.17, 15) is 19.8 Å². The molecule has 2 heterocycles. The zero-order valence-electron chi connectivity index (χ0n) is 16.7. The summed E-state index contributed by atoms with van der Waals surface area (Å²) in [5, 5.41) is 21.9. The number of aryl methyl sites for hydroxylation is 3. The molecule has 30 heavy (non-hydrogen) atoms. The number of aliphatic hydroxyl groups excluding tert-OH is 1. The van der Waals surface area contributed by atoms with Gasteiger partial charge in [-0.1, -0.05) is 42.0 Å². The predicted octanol–water partition coefficient (Wildman–Crippen LogP) is 4.56. The minimum absolute atomic E-state index is 0.0133. The van der Waals surface area contributed by atoms with Gasteiger partial charge in [-0.15, -0.1) is 11.3 Å². The van der Waals surface area contributed by atoms with Gasteiger partial charge in [0.15, 0.2) is 5.76 Å². The molecular formula is C23H20N2O4S. The first-order chi connectivity index (χ1) is 14.3. The zero-order valence-corrected chi connectivity index (χ0v) is 17.5. The van der Waals surface area contributed by atoms with Gasteiger partial charge < -0.3 is 10.2 Å². The number of hydrogen-bond acceptors (Lipinski definition) is 6. The van der Waals surface area contributed by atoms with Gasteiger partial charge in [-0.3, -0.25) is 14.5 Å². The molecule has 7 heteroatoms. The van der Waals surface area contributed by atoms with E-state index in [1.54, 1.807) is 38.1 Å². The molecule has 0 radical (unpaired) electrons. The summed E-state index contributed by atoms with van der Waals surface area (Å²) in [7, 11) is 0. The maximum absolute atomic E-state index is 13.5. The number of anilines is 1. The number of carbonyl (C=O) groups excluding carboxylic acids is 2. The van der Waals surface area contributed by atoms with Gasteiger partial charge in [0.25, 0.3) is 5.91 Å². The SMILES string of the molecule is Cc1cccc(C2C(C(=O)c3sc(C)nc3C)=C(O)C(=O)N2c2ccccc2O)c1. The molecule has 4 rings (SSSR count). The number of Topliss-reactive ketones (excluding diaryl/α,β-unsaturated/α-hetero) is 1. The smallest absolute Gasteiger partial charge is 0.294 e. The first-order valence-electron chi connectivity index (χ1n) is 9.39. The van der Waals surface area contributed by atoms with Crippen LogP contribution < -0.4 is 4.90 Å². The van der Waals surface area contributed by atoms with Gasteiger partial charge in [0, 0.05) is 0 Å². The molecule has 1 aromatic heterocycles. The molecule has 2 aromatic carbocycles. The first kappa shape index (κ1) is 19.8. The first-order valence-corrected chi connectivity index (χ1v) is 10.2. The van der Waals surface area contributed by atoms with Crippen LogP contribution in [-0.4, -0.2) is 26.9 Å². The molecule has 2 N–H and O–H groups in total. The van der Waals surface area contributed by atoms with Crippen LogP contribution in [0.1, 0.15) is 37.5 Å². The highest BCUT2D eigenvalue weighted by Gasteiger charge is 2.46. The molecule has 0 bridgehead atoms. The Kier molecular flexibility index (Phi) is 4.91. The number of thiazole rings is 1. The molecular weight excluding hydrogens is 400 g/mol. The van der Waals surface area contributed by atoms with E-state index in [4.69, 9.17) is 0 Å². The summed E-state index contributed by atoms with van der Waals surface area (Å²) in [4.78, 5) is 32.6. The minimum Gasteiger partial charge on any atom is -0.506 e. The van der Waals surface area contributed by atoms with Crippen LogP contribution >= 0.6 is 11.3 Å². The number of nitrogens with zero attached hydrogens (tertiary/aromatic N) is 2. The number of benzene rings is 2. The van der Waals surface area contributed by atoms with Crippen LogP contribution in [0.15, 0.2) is 59.9 Å². The largest absolute Gasteiger partial charge is 0.506 e. The van der Waals surface area contributed by atoms with E-state index < -0.39 is 23.5 Å². The average molecular weight is 420 g/mol. The van der Waals surface area contributed by atoms with Crippen molar-refractivity contribution in [3.63, 3.8) is 0 Å². The normalized spacial score (nSPS) is 16.4. The second-order valence-corrected chi connectivity index (χ2v) is 8.42. The number of hydrogen-bond donors (Lipinski definition) is 2. The van der Waals surface area contributed by atoms with Gasteiger partial charge in [-0.05, 0) is 38.5 Å². The van der Waals surface area contributed by atoms with Crippen molar-refractivity contribution in [3.8, 4) is 5.75 Å². The zero-order chi connectivity index (χ0) is 21.6. The summed E-state index contributed by atoms with van der Waals surface area (Å²) in [6.45, 7) is 5.44. The molecule has 3 aromatic rings. The van der Waals surface area contributed by atoms with Crippen LogP contribution in [0.2, 0.25) is 0 Å². The number of carbonyl (C=O) groups is 2. The second-order valence-electron chi connectivity index (χ2n) is 7.22. The van der Waals surface area contributed by atoms with Crippen molar-refractivity contribution in [1.82, 2.24) is 4.98 Å². The van der Waals surface area contributed by atoms with Crippen LogP contribution in [-0.2, 0) is 4.79 Å². The van der Waals surface area contributed by atoms with E-state index in [1.165, 1.54) is 22.3 Å². The molecule has 1 atom stereocenters. The number of aliphatic hydroxyl groups is 1. The minimum atomic E-state index is -0.875. The van der Waals surface area contributed by atoms with Gasteiger partial charge in [0.05, 0.1) is 32.9 Å². The lowest BCUT2D eigenvalue weighted by Crippen LogP contribution is -2.31. The third-order valence-electron chi connectivity index (χ3n) is 5.06. The lowest BCUT2D eigenvalue weighted by Gasteiger charge is -2.27. The van der Waals surface area contributed by atoms with E-state index in [0.717, 1.165) is 10.6 Å². The fourth-order valence-electron chi connectivity index (χ4n) is 3.77. The van der Waals surface area contributed by atoms with Crippen molar-refractivity contribution in [2.75, 3.05) is 4.90 Å². The Hall–Kier alpha value is -3.45. The fourth-order valence-corrected chi connectivity index (χ4v) is 4.65. The van der Waals surface area contributed by atoms with Gasteiger partial charge in [-0.25, -0.2) is 4.98 Å². The van der Waals surface area contributed by atoms with Crippen molar-refractivity contribution in [1.29, 1.82) is 0 Å². The van der Waals surface area contributed by atoms with E-state index in [-0.39, 0.29) is 17.0 Å². The average Bonchev–Trinajstić information content (AvgIpc) is 3.18. The molecule has 0 aliphatic carbocycles. The van der Waals surface area contributed by atoms with Gasteiger partial charge in [0.1, 0.15) is 5.75 Å². The van der Waals surface area contributed by atoms with Crippen LogP contribution in [0.5, 0.6) is 5.75 Å². The van der Waals surface area contributed by atoms with E-state index in [2.05, 4.69) is 4.98 Å². The summed E-state index contributed by atoms with van der Waals surface area (Å²) in [5.41, 5.74) is 2.37. The summed E-state index contributed by atoms with van der Waals surface area (Å²) < 4.78 is 0. The Morgan fingerprint density at radius 2 is 1.80 bits per heavy atom. The molecule has 0 saturated carbocycles. The van der Waals surface area contributed by atoms with Gasteiger partial charge in [-0.2, -0.15) is 0 Å². The Morgan fingerprint density at radius 3 is 2.43 bits per heavy atom. The number of phenolic OH excluding ortho intramolecular Hbond substituents is 1. The maximum atomic E-state index is 13.5. The molecule has 1 aliphatic heterocycles. The number of aromatic hydroxyl groups is 1. The Morgan fingerprint density at radius 1 is 1.07 bits per heavy atom. The molecule has 0 fully saturated rings. The van der Waals surface area contributed by atoms with Crippen molar-refractivity contribution < 1.29 is 19.8 Å². The van der Waals surface area contributed by atoms with Gasteiger partial charge >= 0.3 is 0 Å². The van der Waals surface area contributed by atoms with Crippen LogP contribution in [0, 0.1) is 20.8 Å². The maximum Gasteiger partial charge on any atom is 0.294 e. The van der Waals surface area contributed by atoms with Crippen LogP contribution in [0.3, 0.4) is 0 Å². The topological polar surface area (TPSA) is 90.7 Å². The monoisotopic (exact) mass is 420 g/mol. The summed E-state index contributed by atoms with van der Waals surface area (Å²) in [6, 6.07) is 12.9. The number of amides is 1. The second kappa shape index (κ2) is 7.42. The number of para-hydroxylation sites is 2. The highest BCUT2D eigenvalue weighted by atomic mass is 32.1. The third kappa shape index (κ3) is 3.17. The van der Waals surface area contributed by atoms with Crippen LogP contribution in [0.25, 0.3) is 0 Å². The number of ketones is 1. The van der Waals surface area contributed by atoms with Gasteiger partial charge in [0.2, 0.25) is 5.78 Å². The number of aromatic nitrogens is 1. The molecule has 1 amide bonds. The fraction of sp³-hybridized carbons (Fsp3) is 0.174. The van der Waals surface area contributed by atoms with Crippen molar-refractivity contribution in [2.45, 2.75) is 26.8 Å². The Bertz CT molecular complexity index is 1210. The summed E-state index contributed by atoms with van der Waals surface area (Å²) in [6.07, 6.45) is 0. The lowest BCUT2D eigenvalue weighted by molar-refractivity contribution is -0.117. The van der Waals surface area contributed by atoms with E-state index in [1.807, 2.05) is 25.1 Å². The highest BCUT2D eigenvalue weighted by molar-refractivity contribution is 7.14. The van der Waals surface area contributed by atoms with Crippen molar-refractivity contribution in [3.05, 3.63) is 86.6 Å². The standard InChI is InChI=1S/C23H20N2O4S/c1-12-7-6-8-15(11-12)19-18(20(27)22-13(2)24-14(3)30-22)21(28)23(29)25(19)16-9-4-5-10-17(16)26/h4-11,19,26,28H,1-3H3. The van der Waals surface area contributed by atoms with Crippen LogP contribution in [0.4, 0.5) is 5.69 Å². The molecule has 1 aliphatic rings. The Labute approximate surface area is 177 Å². The molecule has 0 spiro atoms. The third-order valence-corrected chi connectivity index (χ3v) is 6.13. The Balaban J connectivity index is 1.93. The predicted molar refractivity (Wildman–Crippen MR) is 115 cm³/mol. The summed E-state index contributed by atoms with van der Waals surface area (Å²) in [5.74, 6) is -1.89. The van der Waals surface area contributed by atoms with E-state index >= 15 is 0 Å². The number of phenols is 1. The van der Waals surface area contributed by atoms with Crippen molar-refractivity contribution in [2.24, 2.45) is 0 Å². The lowest BCUT2D eigenvalue weighted by atomic mass is 9.94. The number of rotatable bonds is 4. The van der Waals surface area contributed by atoms with E-state index in [0.29, 0.717) is 16.1 Å². The molecule has 6 nitrogen and oxygen atoms in total. The van der Waals surface area contributed by atoms with Crippen molar-refractivity contribution >= 4 is 28.7 Å². The molecule has 152 valence electrons. The quantitative estimate of drug-likeness (QED) is 0.604. The highest BCUT2D eigenvalue weighted by Crippen LogP contribution is 2.45. The summed E-state index contributed by atoms with van der Waals surface area (Å²) >= 11 is 1.23. The molecule has 1 unspecified atom stereocenters. The molecule has 0 saturated heterocycles.